The van der Waals surface area contributed by atoms with Crippen molar-refractivity contribution in [2.45, 2.75) is 6.92 Å². The van der Waals surface area contributed by atoms with Crippen LogP contribution in [0.15, 0.2) is 18.2 Å². The first-order valence-corrected chi connectivity index (χ1v) is 5.66. The smallest absolute Gasteiger partial charge is 0.121 e. The zero-order chi connectivity index (χ0) is 11.4. The molecule has 0 spiro atoms. The molecule has 0 unspecified atom stereocenters. The maximum atomic E-state index is 6.02. The third-order valence-electron chi connectivity index (χ3n) is 2.66. The minimum atomic E-state index is 0.663. The van der Waals surface area contributed by atoms with Gasteiger partial charge in [0, 0.05) is 19.2 Å². The average Bonchev–Trinajstić information content (AvgIpc) is 2.31. The highest BCUT2D eigenvalue weighted by Gasteiger charge is 2.13. The lowest BCUT2D eigenvalue weighted by Gasteiger charge is -2.29. The van der Waals surface area contributed by atoms with E-state index in [1.165, 1.54) is 0 Å². The van der Waals surface area contributed by atoms with Gasteiger partial charge in [0.25, 0.3) is 0 Å². The van der Waals surface area contributed by atoms with Crippen molar-refractivity contribution >= 4 is 11.4 Å². The van der Waals surface area contributed by atoms with Crippen LogP contribution in [-0.4, -0.2) is 32.9 Å². The maximum Gasteiger partial charge on any atom is 0.121 e. The van der Waals surface area contributed by atoms with Crippen LogP contribution in [0.2, 0.25) is 0 Å². The summed E-state index contributed by atoms with van der Waals surface area (Å²) in [6, 6.07) is 5.87. The minimum Gasteiger partial charge on any atom is -0.494 e. The molecule has 1 aromatic rings. The fourth-order valence-corrected chi connectivity index (χ4v) is 1.88. The van der Waals surface area contributed by atoms with Crippen molar-refractivity contribution in [2.75, 3.05) is 43.5 Å². The van der Waals surface area contributed by atoms with Gasteiger partial charge in [0.2, 0.25) is 0 Å². The number of nitrogens with two attached hydrogens (primary N) is 1. The first-order chi connectivity index (χ1) is 7.81. The van der Waals surface area contributed by atoms with Crippen LogP contribution in [0.1, 0.15) is 6.92 Å². The van der Waals surface area contributed by atoms with E-state index in [-0.39, 0.29) is 0 Å². The van der Waals surface area contributed by atoms with Gasteiger partial charge in [-0.3, -0.25) is 0 Å². The van der Waals surface area contributed by atoms with E-state index in [1.54, 1.807) is 0 Å². The van der Waals surface area contributed by atoms with E-state index < -0.39 is 0 Å². The lowest BCUT2D eigenvalue weighted by atomic mass is 10.2. The summed E-state index contributed by atoms with van der Waals surface area (Å²) in [6.07, 6.45) is 0. The molecule has 2 rings (SSSR count). The van der Waals surface area contributed by atoms with E-state index in [2.05, 4.69) is 4.90 Å². The molecule has 1 aliphatic rings. The number of anilines is 2. The number of morpholine rings is 1. The van der Waals surface area contributed by atoms with Crippen molar-refractivity contribution in [1.29, 1.82) is 0 Å². The van der Waals surface area contributed by atoms with Crippen LogP contribution in [0.25, 0.3) is 0 Å². The summed E-state index contributed by atoms with van der Waals surface area (Å²) in [5.41, 5.74) is 7.87. The Bertz CT molecular complexity index is 349. The van der Waals surface area contributed by atoms with Gasteiger partial charge < -0.3 is 20.1 Å². The summed E-state index contributed by atoms with van der Waals surface area (Å²) in [7, 11) is 0. The molecule has 0 aromatic heterocycles. The molecule has 1 heterocycles. The highest BCUT2D eigenvalue weighted by atomic mass is 16.5. The number of nitrogen functional groups attached to an aromatic ring is 1. The summed E-state index contributed by atoms with van der Waals surface area (Å²) < 4.78 is 10.7. The number of rotatable bonds is 3. The van der Waals surface area contributed by atoms with Crippen molar-refractivity contribution in [3.8, 4) is 5.75 Å². The van der Waals surface area contributed by atoms with Gasteiger partial charge in [-0.25, -0.2) is 0 Å². The zero-order valence-corrected chi connectivity index (χ0v) is 9.61. The molecule has 0 amide bonds. The molecular formula is C12H18N2O2. The molecule has 4 heteroatoms. The number of hydrogen-bond donors (Lipinski definition) is 1. The Morgan fingerprint density at radius 1 is 1.38 bits per heavy atom. The van der Waals surface area contributed by atoms with Gasteiger partial charge in [-0.15, -0.1) is 0 Å². The molecule has 1 fully saturated rings. The second-order valence-corrected chi connectivity index (χ2v) is 3.75. The van der Waals surface area contributed by atoms with Crippen LogP contribution in [0.3, 0.4) is 0 Å². The molecule has 1 aliphatic heterocycles. The second-order valence-electron chi connectivity index (χ2n) is 3.75. The SMILES string of the molecule is CCOc1ccc(N2CCOCC2)c(N)c1. The predicted molar refractivity (Wildman–Crippen MR) is 65.1 cm³/mol. The van der Waals surface area contributed by atoms with Crippen LogP contribution in [0.5, 0.6) is 5.75 Å². The molecule has 0 aliphatic carbocycles. The van der Waals surface area contributed by atoms with E-state index in [1.807, 2.05) is 25.1 Å². The van der Waals surface area contributed by atoms with Gasteiger partial charge in [0.05, 0.1) is 31.2 Å². The summed E-state index contributed by atoms with van der Waals surface area (Å²) in [5.74, 6) is 0.831. The van der Waals surface area contributed by atoms with Crippen LogP contribution in [0, 0.1) is 0 Å². The normalized spacial score (nSPS) is 16.2. The van der Waals surface area contributed by atoms with E-state index >= 15 is 0 Å². The lowest BCUT2D eigenvalue weighted by Crippen LogP contribution is -2.36. The standard InChI is InChI=1S/C12H18N2O2/c1-2-16-10-3-4-12(11(13)9-10)14-5-7-15-8-6-14/h3-4,9H,2,5-8,13H2,1H3. The monoisotopic (exact) mass is 222 g/mol. The van der Waals surface area contributed by atoms with Crippen LogP contribution in [-0.2, 0) is 4.74 Å². The quantitative estimate of drug-likeness (QED) is 0.787. The van der Waals surface area contributed by atoms with E-state index in [9.17, 15) is 0 Å². The highest BCUT2D eigenvalue weighted by molar-refractivity contribution is 5.69. The Labute approximate surface area is 95.9 Å². The van der Waals surface area contributed by atoms with Crippen molar-refractivity contribution in [1.82, 2.24) is 0 Å². The largest absolute Gasteiger partial charge is 0.494 e. The van der Waals surface area contributed by atoms with Crippen molar-refractivity contribution < 1.29 is 9.47 Å². The fourth-order valence-electron chi connectivity index (χ4n) is 1.88. The van der Waals surface area contributed by atoms with Crippen molar-refractivity contribution in [3.05, 3.63) is 18.2 Å². The molecule has 88 valence electrons. The molecule has 0 radical (unpaired) electrons. The van der Waals surface area contributed by atoms with Crippen molar-refractivity contribution in [3.63, 3.8) is 0 Å². The minimum absolute atomic E-state index is 0.663. The van der Waals surface area contributed by atoms with Gasteiger partial charge in [-0.1, -0.05) is 0 Å². The number of nitrogens with zero attached hydrogens (tertiary/aromatic N) is 1. The fraction of sp³-hybridized carbons (Fsp3) is 0.500. The van der Waals surface area contributed by atoms with Crippen molar-refractivity contribution in [2.24, 2.45) is 0 Å². The Hall–Kier alpha value is -1.42. The Kier molecular flexibility index (Phi) is 3.51. The third kappa shape index (κ3) is 2.39. The number of hydrogen-bond acceptors (Lipinski definition) is 4. The summed E-state index contributed by atoms with van der Waals surface area (Å²) in [6.45, 7) is 5.97. The van der Waals surface area contributed by atoms with E-state index in [4.69, 9.17) is 15.2 Å². The number of benzene rings is 1. The highest BCUT2D eigenvalue weighted by Crippen LogP contribution is 2.28. The van der Waals surface area contributed by atoms with Crippen LogP contribution in [0.4, 0.5) is 11.4 Å². The van der Waals surface area contributed by atoms with Gasteiger partial charge in [0.1, 0.15) is 5.75 Å². The zero-order valence-electron chi connectivity index (χ0n) is 9.61. The van der Waals surface area contributed by atoms with E-state index in [0.717, 1.165) is 43.4 Å². The second kappa shape index (κ2) is 5.07. The molecule has 0 bridgehead atoms. The number of ether oxygens (including phenoxy) is 2. The Balaban J connectivity index is 2.14. The molecule has 0 atom stereocenters. The summed E-state index contributed by atoms with van der Waals surface area (Å²) in [4.78, 5) is 2.24. The molecule has 4 nitrogen and oxygen atoms in total. The lowest BCUT2D eigenvalue weighted by molar-refractivity contribution is 0.123. The Morgan fingerprint density at radius 3 is 2.75 bits per heavy atom. The first kappa shape index (κ1) is 11.1. The van der Waals surface area contributed by atoms with Crippen LogP contribution < -0.4 is 15.4 Å². The maximum absolute atomic E-state index is 6.02. The summed E-state index contributed by atoms with van der Waals surface area (Å²) >= 11 is 0. The molecule has 0 saturated carbocycles. The first-order valence-electron chi connectivity index (χ1n) is 5.66. The van der Waals surface area contributed by atoms with Gasteiger partial charge in [-0.05, 0) is 19.1 Å². The van der Waals surface area contributed by atoms with Gasteiger partial charge in [0.15, 0.2) is 0 Å². The topological polar surface area (TPSA) is 47.7 Å². The average molecular weight is 222 g/mol. The molecule has 1 aromatic carbocycles. The molecule has 2 N–H and O–H groups in total. The molecule has 1 saturated heterocycles. The third-order valence-corrected chi connectivity index (χ3v) is 2.66. The predicted octanol–water partition coefficient (Wildman–Crippen LogP) is 1.50. The molecule has 16 heavy (non-hydrogen) atoms. The Morgan fingerprint density at radius 2 is 2.12 bits per heavy atom. The molecular weight excluding hydrogens is 204 g/mol. The summed E-state index contributed by atoms with van der Waals surface area (Å²) in [5, 5.41) is 0. The van der Waals surface area contributed by atoms with Crippen LogP contribution >= 0.6 is 0 Å². The van der Waals surface area contributed by atoms with Gasteiger partial charge >= 0.3 is 0 Å². The van der Waals surface area contributed by atoms with E-state index in [0.29, 0.717) is 6.61 Å². The van der Waals surface area contributed by atoms with Gasteiger partial charge in [-0.2, -0.15) is 0 Å².